The lowest BCUT2D eigenvalue weighted by Crippen LogP contribution is -2.16. The lowest BCUT2D eigenvalue weighted by molar-refractivity contribution is 0.0472. The maximum Gasteiger partial charge on any atom is 0.355 e. The number of nitrogens with one attached hydrogen (secondary N) is 1. The number of hydrogen-bond donors (Lipinski definition) is 1. The summed E-state index contributed by atoms with van der Waals surface area (Å²) in [4.78, 5) is 40.0. The molecular weight excluding hydrogens is 414 g/mol. The summed E-state index contributed by atoms with van der Waals surface area (Å²) < 4.78 is 21.2. The highest BCUT2D eigenvalue weighted by Crippen LogP contribution is 2.38. The van der Waals surface area contributed by atoms with Crippen molar-refractivity contribution in [3.05, 3.63) is 45.2 Å². The van der Waals surface area contributed by atoms with Crippen molar-refractivity contribution in [2.45, 2.75) is 27.2 Å². The highest BCUT2D eigenvalue weighted by Gasteiger charge is 2.24. The molecule has 160 valence electrons. The Balaban J connectivity index is 1.73. The number of aryl methyl sites for hydroxylation is 1. The Morgan fingerprint density at radius 3 is 2.57 bits per heavy atom. The van der Waals surface area contributed by atoms with Crippen molar-refractivity contribution >= 4 is 29.3 Å². The zero-order valence-electron chi connectivity index (χ0n) is 16.9. The molecular formula is C21H22ClNO7. The Bertz CT molecular complexity index is 996. The van der Waals surface area contributed by atoms with E-state index >= 15 is 0 Å². The van der Waals surface area contributed by atoms with Gasteiger partial charge in [-0.2, -0.15) is 0 Å². The first-order valence-electron chi connectivity index (χ1n) is 9.49. The minimum atomic E-state index is -0.725. The van der Waals surface area contributed by atoms with Gasteiger partial charge in [0.15, 0.2) is 18.1 Å². The highest BCUT2D eigenvalue weighted by molar-refractivity contribution is 6.32. The number of hydrogen-bond acceptors (Lipinski definition) is 7. The van der Waals surface area contributed by atoms with E-state index in [9.17, 15) is 14.4 Å². The number of Topliss-reactive ketones (excluding diaryl/α,β-unsaturated/α-hetero) is 1. The fraction of sp³-hybridized carbons (Fsp3) is 0.381. The largest absolute Gasteiger partial charge is 0.489 e. The molecule has 0 aliphatic carbocycles. The molecule has 0 spiro atoms. The predicted molar refractivity (Wildman–Crippen MR) is 108 cm³/mol. The number of ether oxygens (including phenoxy) is 4. The Hall–Kier alpha value is -3.00. The second-order valence-electron chi connectivity index (χ2n) is 6.68. The highest BCUT2D eigenvalue weighted by atomic mass is 35.5. The van der Waals surface area contributed by atoms with Crippen LogP contribution in [-0.2, 0) is 9.47 Å². The van der Waals surface area contributed by atoms with Crippen LogP contribution in [0.1, 0.15) is 55.8 Å². The number of benzene rings is 1. The molecule has 1 aliphatic heterocycles. The smallest absolute Gasteiger partial charge is 0.355 e. The van der Waals surface area contributed by atoms with Crippen LogP contribution in [0.5, 0.6) is 11.5 Å². The van der Waals surface area contributed by atoms with E-state index in [0.717, 1.165) is 0 Å². The van der Waals surface area contributed by atoms with E-state index in [2.05, 4.69) is 4.98 Å². The number of aromatic nitrogens is 1. The van der Waals surface area contributed by atoms with Gasteiger partial charge in [-0.05, 0) is 38.5 Å². The molecule has 1 N–H and O–H groups in total. The van der Waals surface area contributed by atoms with E-state index in [4.69, 9.17) is 30.5 Å². The van der Waals surface area contributed by atoms with Gasteiger partial charge in [0.05, 0.1) is 30.4 Å². The number of H-pyrrole nitrogens is 1. The van der Waals surface area contributed by atoms with Gasteiger partial charge in [0.1, 0.15) is 5.69 Å². The normalized spacial score (nSPS) is 12.8. The second-order valence-corrected chi connectivity index (χ2v) is 7.09. The Morgan fingerprint density at radius 1 is 1.10 bits per heavy atom. The molecule has 2 aromatic rings. The average molecular weight is 436 g/mol. The van der Waals surface area contributed by atoms with E-state index in [-0.39, 0.29) is 22.9 Å². The number of carbonyl (C=O) groups excluding carboxylic acids is 3. The van der Waals surface area contributed by atoms with Crippen LogP contribution in [0, 0.1) is 13.8 Å². The monoisotopic (exact) mass is 435 g/mol. The second kappa shape index (κ2) is 9.21. The number of ketones is 1. The quantitative estimate of drug-likeness (QED) is 0.545. The SMILES string of the molecule is CCOC(=O)c1[nH]c(C)c(C(=O)COC(=O)c2cc(Cl)c3c(c2)OCCCO3)c1C. The van der Waals surface area contributed by atoms with E-state index in [1.165, 1.54) is 12.1 Å². The molecule has 0 radical (unpaired) electrons. The minimum absolute atomic E-state index is 0.145. The number of rotatable bonds is 6. The molecule has 0 bridgehead atoms. The number of fused-ring (bicyclic) bond motifs is 1. The van der Waals surface area contributed by atoms with Gasteiger partial charge in [-0.25, -0.2) is 9.59 Å². The van der Waals surface area contributed by atoms with E-state index in [1.807, 2.05) is 0 Å². The fourth-order valence-corrected chi connectivity index (χ4v) is 3.48. The van der Waals surface area contributed by atoms with Crippen molar-refractivity contribution in [3.63, 3.8) is 0 Å². The molecule has 0 saturated heterocycles. The summed E-state index contributed by atoms with van der Waals surface area (Å²) in [6.07, 6.45) is 0.697. The summed E-state index contributed by atoms with van der Waals surface area (Å²) >= 11 is 6.19. The van der Waals surface area contributed by atoms with Crippen LogP contribution in [0.4, 0.5) is 0 Å². The summed E-state index contributed by atoms with van der Waals surface area (Å²) in [6.45, 7) is 5.62. The van der Waals surface area contributed by atoms with Crippen LogP contribution in [-0.4, -0.2) is 49.1 Å². The van der Waals surface area contributed by atoms with Crippen molar-refractivity contribution in [1.82, 2.24) is 4.98 Å². The van der Waals surface area contributed by atoms with Crippen molar-refractivity contribution in [1.29, 1.82) is 0 Å². The van der Waals surface area contributed by atoms with Crippen molar-refractivity contribution in [2.24, 2.45) is 0 Å². The van der Waals surface area contributed by atoms with Crippen LogP contribution < -0.4 is 9.47 Å². The molecule has 30 heavy (non-hydrogen) atoms. The molecule has 3 rings (SSSR count). The first kappa shape index (κ1) is 21.7. The Labute approximate surface area is 178 Å². The van der Waals surface area contributed by atoms with Gasteiger partial charge in [0.2, 0.25) is 5.78 Å². The topological polar surface area (TPSA) is 104 Å². The molecule has 1 aromatic carbocycles. The van der Waals surface area contributed by atoms with Gasteiger partial charge < -0.3 is 23.9 Å². The molecule has 9 heteroatoms. The lowest BCUT2D eigenvalue weighted by Gasteiger charge is -2.11. The molecule has 0 amide bonds. The van der Waals surface area contributed by atoms with Crippen LogP contribution in [0.25, 0.3) is 0 Å². The van der Waals surface area contributed by atoms with Crippen molar-refractivity contribution < 1.29 is 33.3 Å². The van der Waals surface area contributed by atoms with Gasteiger partial charge in [-0.1, -0.05) is 11.6 Å². The molecule has 0 fully saturated rings. The minimum Gasteiger partial charge on any atom is -0.489 e. The van der Waals surface area contributed by atoms with Crippen LogP contribution in [0.3, 0.4) is 0 Å². The number of halogens is 1. The zero-order valence-corrected chi connectivity index (χ0v) is 17.7. The molecule has 1 aromatic heterocycles. The summed E-state index contributed by atoms with van der Waals surface area (Å²) in [5.74, 6) is -0.972. The molecule has 1 aliphatic rings. The molecule has 0 saturated carbocycles. The summed E-state index contributed by atoms with van der Waals surface area (Å²) in [6, 6.07) is 2.89. The van der Waals surface area contributed by atoms with Gasteiger partial charge in [0, 0.05) is 17.7 Å². The number of esters is 2. The fourth-order valence-electron chi connectivity index (χ4n) is 3.21. The lowest BCUT2D eigenvalue weighted by atomic mass is 10.1. The molecule has 0 atom stereocenters. The van der Waals surface area contributed by atoms with E-state index in [1.54, 1.807) is 20.8 Å². The third-order valence-corrected chi connectivity index (χ3v) is 4.85. The van der Waals surface area contributed by atoms with Gasteiger partial charge in [-0.15, -0.1) is 0 Å². The summed E-state index contributed by atoms with van der Waals surface area (Å²) in [7, 11) is 0. The Morgan fingerprint density at radius 2 is 1.83 bits per heavy atom. The summed E-state index contributed by atoms with van der Waals surface area (Å²) in [5.41, 5.74) is 1.59. The molecule has 0 unspecified atom stereocenters. The van der Waals surface area contributed by atoms with Crippen LogP contribution in [0.2, 0.25) is 5.02 Å². The first-order valence-corrected chi connectivity index (χ1v) is 9.87. The van der Waals surface area contributed by atoms with Crippen LogP contribution in [0.15, 0.2) is 12.1 Å². The van der Waals surface area contributed by atoms with Crippen molar-refractivity contribution in [3.8, 4) is 11.5 Å². The zero-order chi connectivity index (χ0) is 21.8. The maximum absolute atomic E-state index is 12.6. The third-order valence-electron chi connectivity index (χ3n) is 4.57. The number of aromatic amines is 1. The molecule has 2 heterocycles. The maximum atomic E-state index is 12.6. The average Bonchev–Trinajstić information content (AvgIpc) is 2.87. The van der Waals surface area contributed by atoms with E-state index in [0.29, 0.717) is 48.0 Å². The predicted octanol–water partition coefficient (Wildman–Crippen LogP) is 3.66. The van der Waals surface area contributed by atoms with Gasteiger partial charge in [0.25, 0.3) is 0 Å². The van der Waals surface area contributed by atoms with Crippen LogP contribution >= 0.6 is 11.6 Å². The third kappa shape index (κ3) is 4.43. The molecule has 8 nitrogen and oxygen atoms in total. The first-order chi connectivity index (χ1) is 14.3. The van der Waals surface area contributed by atoms with Gasteiger partial charge in [-0.3, -0.25) is 4.79 Å². The van der Waals surface area contributed by atoms with Crippen molar-refractivity contribution in [2.75, 3.05) is 26.4 Å². The standard InChI is InChI=1S/C21H22ClNO7/c1-4-27-21(26)18-11(2)17(12(3)23-18)15(24)10-30-20(25)13-8-14(22)19-16(9-13)28-6-5-7-29-19/h8-9,23H,4-7,10H2,1-3H3. The number of carbonyl (C=O) groups is 3. The Kier molecular flexibility index (Phi) is 6.66. The van der Waals surface area contributed by atoms with E-state index < -0.39 is 24.3 Å². The van der Waals surface area contributed by atoms with Gasteiger partial charge >= 0.3 is 11.9 Å². The summed E-state index contributed by atoms with van der Waals surface area (Å²) in [5, 5.41) is 0.226.